The van der Waals surface area contributed by atoms with Gasteiger partial charge in [-0.1, -0.05) is 0 Å². The standard InChI is InChI=1S/12CN.2Co.3Zn/c12*1-2;;;;;/q;;;;;;;;;;;;2*-3;3*+2. The topological polar surface area (TPSA) is 285 Å². The first-order valence-corrected chi connectivity index (χ1v) is 10.9. The van der Waals surface area contributed by atoms with E-state index >= 15 is 0 Å². The maximum absolute atomic E-state index is 8.58. The first-order valence-electron chi connectivity index (χ1n) is 4.68. The van der Waals surface area contributed by atoms with E-state index in [1.165, 1.54) is 0 Å². The monoisotopic (exact) mass is 622 g/mol. The van der Waals surface area contributed by atoms with Gasteiger partial charge >= 0.3 is 203 Å². The van der Waals surface area contributed by atoms with Gasteiger partial charge in [0, 0.05) is 0 Å². The van der Waals surface area contributed by atoms with Crippen molar-refractivity contribution >= 4 is 0 Å². The summed E-state index contributed by atoms with van der Waals surface area (Å²) >= 11 is 0. The third-order valence-electron chi connectivity index (χ3n) is 2.24. The van der Waals surface area contributed by atoms with Gasteiger partial charge in [-0.15, -0.1) is 0 Å². The van der Waals surface area contributed by atoms with Crippen molar-refractivity contribution in [3.05, 3.63) is 0 Å². The van der Waals surface area contributed by atoms with Gasteiger partial charge in [0.05, 0.1) is 0 Å². The van der Waals surface area contributed by atoms with E-state index in [1.54, 1.807) is 0 Å². The molecule has 132 valence electrons. The minimum atomic E-state index is -6.03. The molecule has 0 atom stereocenters. The molecule has 0 aliphatic heterocycles. The van der Waals surface area contributed by atoms with Crippen molar-refractivity contribution in [3.8, 4) is 60.0 Å². The molecule has 0 saturated heterocycles. The molecular weight excluding hydrogens is 626 g/mol. The number of hydrogen-bond acceptors (Lipinski definition) is 12. The van der Waals surface area contributed by atoms with Gasteiger partial charge in [-0.3, -0.25) is 0 Å². The molecule has 0 aromatic heterocycles. The Bertz CT molecular complexity index is 890. The van der Waals surface area contributed by atoms with E-state index in [1.807, 2.05) is 0 Å². The molecule has 0 spiro atoms. The second kappa shape index (κ2) is 9.31. The second-order valence-electron chi connectivity index (χ2n) is 3.39. The van der Waals surface area contributed by atoms with E-state index in [0.29, 0.717) is 0 Å². The van der Waals surface area contributed by atoms with Gasteiger partial charge in [-0.05, 0) is 0 Å². The molecule has 0 fully saturated rings. The van der Waals surface area contributed by atoms with Crippen LogP contribution in [0.4, 0.5) is 0 Å². The summed E-state index contributed by atoms with van der Waals surface area (Å²) in [4.78, 5) is 0. The van der Waals surface area contributed by atoms with Crippen molar-refractivity contribution in [2.75, 3.05) is 0 Å². The number of nitrogens with zero attached hydrogens (tertiary/aromatic N) is 12. The zero-order valence-corrected chi connectivity index (χ0v) is 25.1. The Morgan fingerprint density at radius 2 is 0.310 bits per heavy atom. The van der Waals surface area contributed by atoms with Gasteiger partial charge in [0.2, 0.25) is 0 Å². The van der Waals surface area contributed by atoms with Crippen LogP contribution in [0, 0.1) is 123 Å². The summed E-state index contributed by atoms with van der Waals surface area (Å²) in [6, 6.07) is 0. The van der Waals surface area contributed by atoms with Gasteiger partial charge in [-0.2, -0.15) is 0 Å². The van der Waals surface area contributed by atoms with Crippen LogP contribution in [0.25, 0.3) is 0 Å². The van der Waals surface area contributed by atoms with Crippen LogP contribution < -0.4 is 0 Å². The molecule has 0 unspecified atom stereocenters. The van der Waals surface area contributed by atoms with E-state index < -0.39 is 21.1 Å². The average molecular weight is 626 g/mol. The summed E-state index contributed by atoms with van der Waals surface area (Å²) in [6.45, 7) is 0. The van der Waals surface area contributed by atoms with Crippen molar-refractivity contribution in [1.82, 2.24) is 0 Å². The minimum absolute atomic E-state index is 0. The predicted octanol–water partition coefficient (Wildman–Crippen LogP) is 0.189. The SMILES string of the molecule is N#[C][Co-3]([C]#N)([C]#N)([C]#N)([C]#N)[C]#N.N#[C][Co-3]([C]#N)([C]#N)([C]#N)([C]#N)[C]#N.[Zn+2].[Zn+2].[Zn+2]. The molecule has 12 nitrogen and oxygen atoms in total. The Morgan fingerprint density at radius 1 is 0.241 bits per heavy atom. The van der Waals surface area contributed by atoms with Crippen molar-refractivity contribution in [3.63, 3.8) is 0 Å². The summed E-state index contributed by atoms with van der Waals surface area (Å²) in [5.74, 6) is 0. The van der Waals surface area contributed by atoms with Crippen LogP contribution in [-0.2, 0) is 79.5 Å². The van der Waals surface area contributed by atoms with Crippen LogP contribution in [0.1, 0.15) is 0 Å². The van der Waals surface area contributed by atoms with Gasteiger partial charge in [0.15, 0.2) is 0 Å². The molecule has 0 N–H and O–H groups in total. The third kappa shape index (κ3) is 3.98. The summed E-state index contributed by atoms with van der Waals surface area (Å²) in [6.07, 6.45) is 0. The molecule has 0 aromatic carbocycles. The first-order chi connectivity index (χ1) is 11.9. The van der Waals surface area contributed by atoms with Gasteiger partial charge in [0.25, 0.3) is 0 Å². The zero-order chi connectivity index (χ0) is 21.3. The molecule has 0 heterocycles. The molecule has 0 amide bonds. The number of hydrogen-bond donors (Lipinski definition) is 0. The maximum atomic E-state index is 8.58. The summed E-state index contributed by atoms with van der Waals surface area (Å²) in [7, 11) is -12.1. The average Bonchev–Trinajstić information content (AvgIpc) is 2.77. The molecule has 0 aliphatic carbocycles. The van der Waals surface area contributed by atoms with E-state index in [9.17, 15) is 0 Å². The van der Waals surface area contributed by atoms with E-state index in [0.717, 1.165) is 60.0 Å². The Morgan fingerprint density at radius 3 is 0.310 bits per heavy atom. The van der Waals surface area contributed by atoms with E-state index in [4.69, 9.17) is 63.1 Å². The molecule has 0 saturated carbocycles. The second-order valence-corrected chi connectivity index (χ2v) is 14.0. The Hall–Kier alpha value is -3.24. The largest absolute Gasteiger partial charge is 2.00 e. The van der Waals surface area contributed by atoms with Gasteiger partial charge in [0.1, 0.15) is 0 Å². The maximum Gasteiger partial charge on any atom is 2.00 e. The van der Waals surface area contributed by atoms with Crippen LogP contribution in [0.3, 0.4) is 0 Å². The molecule has 29 heavy (non-hydrogen) atoms. The Kier molecular flexibility index (Phi) is 11.8. The fourth-order valence-electron chi connectivity index (χ4n) is 0.500. The molecule has 17 heteroatoms. The van der Waals surface area contributed by atoms with Crippen molar-refractivity contribution in [2.24, 2.45) is 0 Å². The molecule has 0 radical (unpaired) electrons. The zero-order valence-electron chi connectivity index (χ0n) is 14.2. The quantitative estimate of drug-likeness (QED) is 0.326. The van der Waals surface area contributed by atoms with E-state index in [2.05, 4.69) is 0 Å². The number of nitriles is 12. The molecule has 0 rings (SSSR count). The minimum Gasteiger partial charge on any atom is 2.00 e. The Balaban J connectivity index is -0.000000120. The first kappa shape index (κ1) is 36.6. The van der Waals surface area contributed by atoms with Gasteiger partial charge < -0.3 is 0 Å². The summed E-state index contributed by atoms with van der Waals surface area (Å²) in [5.41, 5.74) is 0. The third-order valence-corrected chi connectivity index (χ3v) is 9.22. The summed E-state index contributed by atoms with van der Waals surface area (Å²) < 4.78 is 0. The van der Waals surface area contributed by atoms with Crippen LogP contribution in [0.5, 0.6) is 0 Å². The normalized spacial score (nSPS) is 12.0. The summed E-state index contributed by atoms with van der Waals surface area (Å²) in [5, 5.41) is 115. The van der Waals surface area contributed by atoms with Crippen molar-refractivity contribution in [2.45, 2.75) is 0 Å². The predicted molar refractivity (Wildman–Crippen MR) is 67.4 cm³/mol. The fraction of sp³-hybridized carbons (Fsp3) is 0. The van der Waals surface area contributed by atoms with Crippen LogP contribution in [-0.4, -0.2) is 0 Å². The smallest absolute Gasteiger partial charge is 2.00 e. The molecular formula is C12Co2N12Zn3. The van der Waals surface area contributed by atoms with Crippen LogP contribution in [0.15, 0.2) is 0 Å². The van der Waals surface area contributed by atoms with Crippen molar-refractivity contribution < 1.29 is 79.5 Å². The molecule has 0 aliphatic rings. The molecule has 0 bridgehead atoms. The van der Waals surface area contributed by atoms with Crippen LogP contribution in [0.2, 0.25) is 0 Å². The van der Waals surface area contributed by atoms with Crippen LogP contribution >= 0.6 is 0 Å². The van der Waals surface area contributed by atoms with Gasteiger partial charge in [-0.25, -0.2) is 0 Å². The van der Waals surface area contributed by atoms with E-state index in [-0.39, 0.29) is 58.4 Å². The fourth-order valence-corrected chi connectivity index (χ4v) is 2.06. The Labute approximate surface area is 201 Å². The van der Waals surface area contributed by atoms with Crippen molar-refractivity contribution in [1.29, 1.82) is 63.1 Å². The number of rotatable bonds is 0. The molecule has 0 aromatic rings.